The summed E-state index contributed by atoms with van der Waals surface area (Å²) < 4.78 is 0. The highest BCUT2D eigenvalue weighted by Crippen LogP contribution is 2.14. The molecular formula is C19H25N3O. The van der Waals surface area contributed by atoms with Crippen LogP contribution in [0.15, 0.2) is 48.5 Å². The second kappa shape index (κ2) is 7.68. The molecule has 2 aromatic rings. The number of rotatable bonds is 6. The average molecular weight is 311 g/mol. The van der Waals surface area contributed by atoms with Crippen molar-refractivity contribution in [3.05, 3.63) is 59.7 Å². The van der Waals surface area contributed by atoms with Gasteiger partial charge >= 0.3 is 0 Å². The predicted molar refractivity (Wildman–Crippen MR) is 97.6 cm³/mol. The number of amides is 1. The fraction of sp³-hybridized carbons (Fsp3) is 0.316. The lowest BCUT2D eigenvalue weighted by molar-refractivity contribution is 0.0954. The first-order valence-electron chi connectivity index (χ1n) is 7.79. The van der Waals surface area contributed by atoms with E-state index in [9.17, 15) is 4.79 Å². The lowest BCUT2D eigenvalue weighted by atomic mass is 10.1. The van der Waals surface area contributed by atoms with Gasteiger partial charge in [0.2, 0.25) is 0 Å². The minimum Gasteiger partial charge on any atom is -0.378 e. The molecule has 0 radical (unpaired) electrons. The molecule has 1 amide bonds. The number of benzene rings is 2. The van der Waals surface area contributed by atoms with E-state index in [1.54, 1.807) is 0 Å². The maximum Gasteiger partial charge on any atom is 0.251 e. The van der Waals surface area contributed by atoms with Gasteiger partial charge in [0.15, 0.2) is 0 Å². The smallest absolute Gasteiger partial charge is 0.251 e. The summed E-state index contributed by atoms with van der Waals surface area (Å²) in [7, 11) is 7.98. The number of nitrogens with zero attached hydrogens (tertiary/aromatic N) is 2. The van der Waals surface area contributed by atoms with Crippen molar-refractivity contribution >= 4 is 17.3 Å². The van der Waals surface area contributed by atoms with E-state index in [4.69, 9.17) is 0 Å². The van der Waals surface area contributed by atoms with Gasteiger partial charge < -0.3 is 15.1 Å². The minimum atomic E-state index is -0.0291. The second-order valence-electron chi connectivity index (χ2n) is 6.01. The van der Waals surface area contributed by atoms with Crippen molar-refractivity contribution in [1.29, 1.82) is 0 Å². The number of anilines is 2. The number of hydrogen-bond donors (Lipinski definition) is 1. The van der Waals surface area contributed by atoms with Gasteiger partial charge in [-0.3, -0.25) is 4.79 Å². The van der Waals surface area contributed by atoms with Gasteiger partial charge in [0.1, 0.15) is 0 Å². The summed E-state index contributed by atoms with van der Waals surface area (Å²) in [6, 6.07) is 16.0. The van der Waals surface area contributed by atoms with Crippen molar-refractivity contribution in [2.24, 2.45) is 0 Å². The summed E-state index contributed by atoms with van der Waals surface area (Å²) in [4.78, 5) is 16.3. The van der Waals surface area contributed by atoms with Crippen LogP contribution >= 0.6 is 0 Å². The Morgan fingerprint density at radius 2 is 1.57 bits per heavy atom. The number of carbonyl (C=O) groups excluding carboxylic acids is 1. The molecule has 1 N–H and O–H groups in total. The molecule has 0 unspecified atom stereocenters. The maximum atomic E-state index is 12.2. The van der Waals surface area contributed by atoms with E-state index >= 15 is 0 Å². The van der Waals surface area contributed by atoms with Gasteiger partial charge in [0.05, 0.1) is 0 Å². The van der Waals surface area contributed by atoms with Crippen molar-refractivity contribution in [2.75, 3.05) is 44.5 Å². The highest BCUT2D eigenvalue weighted by molar-refractivity contribution is 5.95. The highest BCUT2D eigenvalue weighted by atomic mass is 16.1. The first-order valence-corrected chi connectivity index (χ1v) is 7.79. The van der Waals surface area contributed by atoms with Crippen LogP contribution in [0, 0.1) is 0 Å². The Morgan fingerprint density at radius 1 is 0.913 bits per heavy atom. The van der Waals surface area contributed by atoms with Crippen LogP contribution in [0.4, 0.5) is 11.4 Å². The fourth-order valence-corrected chi connectivity index (χ4v) is 2.31. The molecule has 0 aliphatic carbocycles. The van der Waals surface area contributed by atoms with Crippen LogP contribution in [0.25, 0.3) is 0 Å². The highest BCUT2D eigenvalue weighted by Gasteiger charge is 2.06. The zero-order valence-electron chi connectivity index (χ0n) is 14.3. The Hall–Kier alpha value is -2.49. The topological polar surface area (TPSA) is 35.6 Å². The van der Waals surface area contributed by atoms with Crippen LogP contribution < -0.4 is 15.1 Å². The van der Waals surface area contributed by atoms with Crippen molar-refractivity contribution in [2.45, 2.75) is 6.42 Å². The van der Waals surface area contributed by atoms with Gasteiger partial charge in [-0.15, -0.1) is 0 Å². The van der Waals surface area contributed by atoms with E-state index in [0.717, 1.165) is 12.1 Å². The molecule has 0 heterocycles. The zero-order valence-corrected chi connectivity index (χ0v) is 14.3. The lowest BCUT2D eigenvalue weighted by Gasteiger charge is -2.14. The summed E-state index contributed by atoms with van der Waals surface area (Å²) in [5.74, 6) is -0.0291. The van der Waals surface area contributed by atoms with Crippen molar-refractivity contribution in [3.8, 4) is 0 Å². The van der Waals surface area contributed by atoms with E-state index < -0.39 is 0 Å². The van der Waals surface area contributed by atoms with Crippen LogP contribution in [-0.4, -0.2) is 40.6 Å². The first-order chi connectivity index (χ1) is 11.0. The van der Waals surface area contributed by atoms with Gasteiger partial charge in [-0.25, -0.2) is 0 Å². The second-order valence-corrected chi connectivity index (χ2v) is 6.01. The molecule has 0 spiro atoms. The van der Waals surface area contributed by atoms with Gasteiger partial charge in [-0.05, 0) is 42.3 Å². The van der Waals surface area contributed by atoms with Crippen molar-refractivity contribution in [1.82, 2.24) is 5.32 Å². The Bertz CT molecular complexity index is 648. The number of nitrogens with one attached hydrogen (secondary N) is 1. The van der Waals surface area contributed by atoms with Crippen molar-refractivity contribution in [3.63, 3.8) is 0 Å². The lowest BCUT2D eigenvalue weighted by Crippen LogP contribution is -2.26. The quantitative estimate of drug-likeness (QED) is 0.891. The van der Waals surface area contributed by atoms with Gasteiger partial charge in [0, 0.05) is 51.7 Å². The molecule has 0 aromatic heterocycles. The summed E-state index contributed by atoms with van der Waals surface area (Å²) >= 11 is 0. The third kappa shape index (κ3) is 4.74. The molecule has 23 heavy (non-hydrogen) atoms. The molecule has 0 saturated heterocycles. The molecule has 2 aromatic carbocycles. The van der Waals surface area contributed by atoms with Gasteiger partial charge in [-0.2, -0.15) is 0 Å². The van der Waals surface area contributed by atoms with Crippen LogP contribution in [0.5, 0.6) is 0 Å². The van der Waals surface area contributed by atoms with E-state index in [1.165, 1.54) is 11.3 Å². The molecule has 0 aliphatic heterocycles. The summed E-state index contributed by atoms with van der Waals surface area (Å²) in [5.41, 5.74) is 4.12. The number of hydrogen-bond acceptors (Lipinski definition) is 3. The van der Waals surface area contributed by atoms with Crippen LogP contribution in [0.1, 0.15) is 15.9 Å². The zero-order chi connectivity index (χ0) is 16.8. The largest absolute Gasteiger partial charge is 0.378 e. The molecule has 4 heteroatoms. The van der Waals surface area contributed by atoms with E-state index in [0.29, 0.717) is 12.1 Å². The Kier molecular flexibility index (Phi) is 5.63. The molecule has 0 aliphatic rings. The average Bonchev–Trinajstić information content (AvgIpc) is 2.55. The van der Waals surface area contributed by atoms with Crippen LogP contribution in [0.3, 0.4) is 0 Å². The minimum absolute atomic E-state index is 0.0291. The summed E-state index contributed by atoms with van der Waals surface area (Å²) in [6.45, 7) is 0.631. The molecule has 0 saturated carbocycles. The molecule has 2 rings (SSSR count). The number of carbonyl (C=O) groups is 1. The van der Waals surface area contributed by atoms with Gasteiger partial charge in [-0.1, -0.05) is 18.2 Å². The van der Waals surface area contributed by atoms with Crippen molar-refractivity contribution < 1.29 is 4.79 Å². The third-order valence-electron chi connectivity index (χ3n) is 3.78. The third-order valence-corrected chi connectivity index (χ3v) is 3.78. The van der Waals surface area contributed by atoms with Crippen LogP contribution in [-0.2, 0) is 6.42 Å². The SMILES string of the molecule is CN(C)c1ccc(CCNC(=O)c2cccc(N(C)C)c2)cc1. The van der Waals surface area contributed by atoms with E-state index in [-0.39, 0.29) is 5.91 Å². The van der Waals surface area contributed by atoms with Gasteiger partial charge in [0.25, 0.3) is 5.91 Å². The molecule has 0 atom stereocenters. The Morgan fingerprint density at radius 3 is 2.17 bits per heavy atom. The molecule has 0 fully saturated rings. The first kappa shape index (κ1) is 16.9. The Labute approximate surface area is 138 Å². The normalized spacial score (nSPS) is 10.3. The predicted octanol–water partition coefficient (Wildman–Crippen LogP) is 2.79. The molecule has 122 valence electrons. The summed E-state index contributed by atoms with van der Waals surface area (Å²) in [5, 5.41) is 2.98. The molecule has 0 bridgehead atoms. The standard InChI is InChI=1S/C19H25N3O/c1-21(2)17-10-8-15(9-11-17)12-13-20-19(23)16-6-5-7-18(14-16)22(3)4/h5-11,14H,12-13H2,1-4H3,(H,20,23). The molecule has 4 nitrogen and oxygen atoms in total. The van der Waals surface area contributed by atoms with E-state index in [1.807, 2.05) is 57.4 Å². The monoisotopic (exact) mass is 311 g/mol. The van der Waals surface area contributed by atoms with Crippen LogP contribution in [0.2, 0.25) is 0 Å². The Balaban J connectivity index is 1.88. The maximum absolute atomic E-state index is 12.2. The van der Waals surface area contributed by atoms with E-state index in [2.05, 4.69) is 34.5 Å². The summed E-state index contributed by atoms with van der Waals surface area (Å²) in [6.07, 6.45) is 0.826. The fourth-order valence-electron chi connectivity index (χ4n) is 2.31. The molecular weight excluding hydrogens is 286 g/mol.